The van der Waals surface area contributed by atoms with Gasteiger partial charge in [0.1, 0.15) is 0 Å². The van der Waals surface area contributed by atoms with Crippen molar-refractivity contribution in [2.24, 2.45) is 10.4 Å². The van der Waals surface area contributed by atoms with Gasteiger partial charge in [0.2, 0.25) is 0 Å². The van der Waals surface area contributed by atoms with E-state index in [0.717, 1.165) is 16.7 Å². The molecule has 0 atom stereocenters. The van der Waals surface area contributed by atoms with Gasteiger partial charge in [0.25, 0.3) is 0 Å². The Labute approximate surface area is 177 Å². The fourth-order valence-corrected chi connectivity index (χ4v) is 3.15. The fourth-order valence-electron chi connectivity index (χ4n) is 3.15. The van der Waals surface area contributed by atoms with Crippen molar-refractivity contribution in [1.82, 2.24) is 4.73 Å². The highest BCUT2D eigenvalue weighted by Gasteiger charge is 2.24. The number of aromatic nitrogens is 1. The Morgan fingerprint density at radius 1 is 1.20 bits per heavy atom. The number of pyridine rings is 1. The molecule has 0 unspecified atom stereocenters. The molecule has 1 aromatic heterocycles. The lowest BCUT2D eigenvalue weighted by molar-refractivity contribution is -0.145. The Morgan fingerprint density at radius 3 is 2.70 bits per heavy atom. The zero-order valence-corrected chi connectivity index (χ0v) is 18.3. The van der Waals surface area contributed by atoms with E-state index in [1.807, 2.05) is 45.0 Å². The van der Waals surface area contributed by atoms with Crippen molar-refractivity contribution in [3.63, 3.8) is 0 Å². The van der Waals surface area contributed by atoms with Crippen molar-refractivity contribution in [2.75, 3.05) is 26.9 Å². The number of carbonyl (C=O) groups excluding carboxylic acids is 1. The highest BCUT2D eigenvalue weighted by atomic mass is 16.5. The van der Waals surface area contributed by atoms with Crippen LogP contribution >= 0.6 is 0 Å². The minimum atomic E-state index is -0.220. The Kier molecular flexibility index (Phi) is 8.77. The van der Waals surface area contributed by atoms with Gasteiger partial charge in [-0.15, -0.1) is 0 Å². The molecule has 0 aliphatic heterocycles. The van der Waals surface area contributed by atoms with Crippen molar-refractivity contribution in [3.05, 3.63) is 53.6 Å². The standard InChI is InChI=1S/C23H32N2O5/c1-5-29-22(26)17-23(2,3)16-18-10-11-19(20(15-18)28-4)30-14-8-12-24-21-9-6-7-13-25(21)27/h6-7,9-11,13,15,27H,5,8,12,14,16-17H2,1-4H3. The number of methoxy groups -OCH3 is 1. The number of nitrogens with zero attached hydrogens (tertiary/aromatic N) is 2. The van der Waals surface area contributed by atoms with Crippen LogP contribution in [0, 0.1) is 5.41 Å². The molecule has 1 aromatic carbocycles. The average molecular weight is 417 g/mol. The molecule has 2 rings (SSSR count). The molecule has 164 valence electrons. The number of ether oxygens (including phenoxy) is 3. The lowest BCUT2D eigenvalue weighted by atomic mass is 9.82. The van der Waals surface area contributed by atoms with Crippen LogP contribution in [-0.4, -0.2) is 42.8 Å². The quantitative estimate of drug-likeness (QED) is 0.344. The summed E-state index contributed by atoms with van der Waals surface area (Å²) in [5.74, 6) is 1.15. The van der Waals surface area contributed by atoms with Crippen LogP contribution in [0.3, 0.4) is 0 Å². The summed E-state index contributed by atoms with van der Waals surface area (Å²) in [6.45, 7) is 7.32. The van der Waals surface area contributed by atoms with E-state index >= 15 is 0 Å². The van der Waals surface area contributed by atoms with Crippen LogP contribution in [0.1, 0.15) is 39.2 Å². The second-order valence-electron chi connectivity index (χ2n) is 7.80. The van der Waals surface area contributed by atoms with Crippen LogP contribution in [-0.2, 0) is 16.0 Å². The van der Waals surface area contributed by atoms with E-state index in [4.69, 9.17) is 14.2 Å². The second kappa shape index (κ2) is 11.3. The average Bonchev–Trinajstić information content (AvgIpc) is 2.69. The molecule has 7 nitrogen and oxygen atoms in total. The molecule has 7 heteroatoms. The molecule has 0 bridgehead atoms. The summed E-state index contributed by atoms with van der Waals surface area (Å²) in [5.41, 5.74) is 1.35. The van der Waals surface area contributed by atoms with E-state index in [1.165, 1.54) is 6.20 Å². The summed E-state index contributed by atoms with van der Waals surface area (Å²) in [6, 6.07) is 11.1. The van der Waals surface area contributed by atoms with Crippen LogP contribution in [0.25, 0.3) is 0 Å². The first-order valence-electron chi connectivity index (χ1n) is 10.2. The van der Waals surface area contributed by atoms with Gasteiger partial charge in [-0.2, -0.15) is 4.73 Å². The SMILES string of the molecule is CCOC(=O)CC(C)(C)Cc1ccc(OCCCN=c2ccccn2O)c(OC)c1. The maximum Gasteiger partial charge on any atom is 0.306 e. The summed E-state index contributed by atoms with van der Waals surface area (Å²) in [7, 11) is 1.61. The summed E-state index contributed by atoms with van der Waals surface area (Å²) in [5, 5.41) is 9.64. The third-order valence-corrected chi connectivity index (χ3v) is 4.49. The van der Waals surface area contributed by atoms with Crippen molar-refractivity contribution in [2.45, 2.75) is 40.0 Å². The van der Waals surface area contributed by atoms with Crippen LogP contribution < -0.4 is 15.0 Å². The number of hydrogen-bond acceptors (Lipinski definition) is 6. The molecule has 0 aliphatic carbocycles. The van der Waals surface area contributed by atoms with E-state index < -0.39 is 0 Å². The first kappa shape index (κ1) is 23.3. The lowest BCUT2D eigenvalue weighted by Crippen LogP contribution is -2.21. The van der Waals surface area contributed by atoms with Gasteiger partial charge in [-0.1, -0.05) is 26.0 Å². The maximum absolute atomic E-state index is 11.8. The molecular formula is C23H32N2O5. The monoisotopic (exact) mass is 416 g/mol. The van der Waals surface area contributed by atoms with E-state index in [-0.39, 0.29) is 11.4 Å². The predicted octanol–water partition coefficient (Wildman–Crippen LogP) is 3.63. The van der Waals surface area contributed by atoms with E-state index in [9.17, 15) is 10.0 Å². The molecule has 1 N–H and O–H groups in total. The molecule has 30 heavy (non-hydrogen) atoms. The molecule has 0 saturated heterocycles. The van der Waals surface area contributed by atoms with Crippen molar-refractivity contribution < 1.29 is 24.2 Å². The third-order valence-electron chi connectivity index (χ3n) is 4.49. The molecule has 0 amide bonds. The van der Waals surface area contributed by atoms with E-state index in [0.29, 0.717) is 49.6 Å². The topological polar surface area (TPSA) is 82.3 Å². The van der Waals surface area contributed by atoms with E-state index in [1.54, 1.807) is 19.2 Å². The van der Waals surface area contributed by atoms with E-state index in [2.05, 4.69) is 4.99 Å². The van der Waals surface area contributed by atoms with Crippen LogP contribution in [0.5, 0.6) is 11.5 Å². The van der Waals surface area contributed by atoms with Gasteiger partial charge >= 0.3 is 5.97 Å². The Balaban J connectivity index is 1.91. The molecule has 0 spiro atoms. The van der Waals surface area contributed by atoms with Crippen LogP contribution in [0.15, 0.2) is 47.6 Å². The number of esters is 1. The first-order chi connectivity index (χ1) is 14.3. The molecular weight excluding hydrogens is 384 g/mol. The molecule has 0 radical (unpaired) electrons. The van der Waals surface area contributed by atoms with Crippen molar-refractivity contribution in [1.29, 1.82) is 0 Å². The maximum atomic E-state index is 11.8. The highest BCUT2D eigenvalue weighted by Crippen LogP contribution is 2.32. The fraction of sp³-hybridized carbons (Fsp3) is 0.478. The zero-order chi connectivity index (χ0) is 22.0. The first-order valence-corrected chi connectivity index (χ1v) is 10.2. The van der Waals surface area contributed by atoms with Crippen molar-refractivity contribution >= 4 is 5.97 Å². The van der Waals surface area contributed by atoms with Gasteiger partial charge in [0, 0.05) is 19.2 Å². The summed E-state index contributed by atoms with van der Waals surface area (Å²) >= 11 is 0. The van der Waals surface area contributed by atoms with Crippen molar-refractivity contribution in [3.8, 4) is 11.5 Å². The Hall–Kier alpha value is -2.96. The largest absolute Gasteiger partial charge is 0.493 e. The van der Waals surface area contributed by atoms with Gasteiger partial charge in [0.05, 0.1) is 26.7 Å². The smallest absolute Gasteiger partial charge is 0.306 e. The Bertz CT molecular complexity index is 889. The third kappa shape index (κ3) is 7.46. The Morgan fingerprint density at radius 2 is 2.00 bits per heavy atom. The van der Waals surface area contributed by atoms with Gasteiger partial charge in [0.15, 0.2) is 17.0 Å². The number of rotatable bonds is 11. The number of hydrogen-bond donors (Lipinski definition) is 1. The van der Waals surface area contributed by atoms with Gasteiger partial charge in [-0.05, 0) is 48.6 Å². The normalized spacial score (nSPS) is 11.9. The van der Waals surface area contributed by atoms with Gasteiger partial charge in [-0.25, -0.2) is 0 Å². The zero-order valence-electron chi connectivity index (χ0n) is 18.3. The van der Waals surface area contributed by atoms with Gasteiger partial charge < -0.3 is 19.4 Å². The predicted molar refractivity (Wildman–Crippen MR) is 114 cm³/mol. The van der Waals surface area contributed by atoms with Crippen LogP contribution in [0.2, 0.25) is 0 Å². The van der Waals surface area contributed by atoms with Gasteiger partial charge in [-0.3, -0.25) is 9.79 Å². The number of carbonyl (C=O) groups is 1. The molecule has 0 aliphatic rings. The summed E-state index contributed by atoms with van der Waals surface area (Å²) in [6.07, 6.45) is 3.32. The molecule has 1 heterocycles. The summed E-state index contributed by atoms with van der Waals surface area (Å²) < 4.78 is 17.4. The minimum Gasteiger partial charge on any atom is -0.493 e. The van der Waals surface area contributed by atoms with Crippen LogP contribution in [0.4, 0.5) is 0 Å². The summed E-state index contributed by atoms with van der Waals surface area (Å²) in [4.78, 5) is 16.2. The number of benzene rings is 1. The molecule has 2 aromatic rings. The lowest BCUT2D eigenvalue weighted by Gasteiger charge is -2.24. The molecule has 0 fully saturated rings. The molecule has 0 saturated carbocycles. The minimum absolute atomic E-state index is 0.179. The highest BCUT2D eigenvalue weighted by molar-refractivity contribution is 5.70. The second-order valence-corrected chi connectivity index (χ2v) is 7.80.